The first kappa shape index (κ1) is 30.7. The van der Waals surface area contributed by atoms with Crippen LogP contribution in [0.25, 0.3) is 0 Å². The molecule has 2 N–H and O–H groups in total. The summed E-state index contributed by atoms with van der Waals surface area (Å²) in [5.41, 5.74) is 0.845. The van der Waals surface area contributed by atoms with Gasteiger partial charge in [0, 0.05) is 0 Å². The van der Waals surface area contributed by atoms with Crippen molar-refractivity contribution in [3.63, 3.8) is 0 Å². The van der Waals surface area contributed by atoms with Gasteiger partial charge in [0.15, 0.2) is 0 Å². The molecule has 1 heterocycles. The number of carbonyl (C=O) groups excluding carboxylic acids is 1. The Morgan fingerprint density at radius 2 is 1.79 bits per heavy atom. The van der Waals surface area contributed by atoms with Gasteiger partial charge in [-0.25, -0.2) is 13.1 Å². The van der Waals surface area contributed by atoms with Gasteiger partial charge in [-0.2, -0.15) is 0 Å². The number of rotatable bonds is 15. The quantitative estimate of drug-likeness (QED) is 0.266. The Balaban J connectivity index is 0.00000578. The second-order valence-corrected chi connectivity index (χ2v) is 11.1. The highest BCUT2D eigenvalue weighted by atomic mass is 35.5. The minimum atomic E-state index is -3.56. The summed E-state index contributed by atoms with van der Waals surface area (Å²) in [6.07, 6.45) is 7.28. The largest absolute Gasteiger partial charge is 0.494 e. The first-order valence-electron chi connectivity index (χ1n) is 12.4. The van der Waals surface area contributed by atoms with Gasteiger partial charge in [-0.1, -0.05) is 31.9 Å². The molecule has 0 amide bonds. The maximum absolute atomic E-state index is 12.5. The molecule has 7 nitrogen and oxygen atoms in total. The van der Waals surface area contributed by atoms with Crippen LogP contribution in [-0.4, -0.2) is 52.0 Å². The van der Waals surface area contributed by atoms with Crippen LogP contribution in [-0.2, 0) is 26.0 Å². The van der Waals surface area contributed by atoms with Gasteiger partial charge in [0.2, 0.25) is 10.0 Å². The van der Waals surface area contributed by atoms with Crippen molar-refractivity contribution in [2.24, 2.45) is 5.92 Å². The van der Waals surface area contributed by atoms with Crippen molar-refractivity contribution in [2.75, 3.05) is 25.4 Å². The number of benzene rings is 1. The molecule has 1 aromatic rings. The number of piperidine rings is 1. The number of hydrogen-bond donors (Lipinski definition) is 2. The molecule has 9 heteroatoms. The van der Waals surface area contributed by atoms with Crippen molar-refractivity contribution in [2.45, 2.75) is 84.3 Å². The fraction of sp³-hybridized carbons (Fsp3) is 0.720. The number of unbranched alkanes of at least 4 members (excludes halogenated alkanes) is 2. The monoisotopic (exact) mass is 518 g/mol. The van der Waals surface area contributed by atoms with Crippen LogP contribution in [0.4, 0.5) is 0 Å². The Hall–Kier alpha value is -1.35. The number of hydrogen-bond acceptors (Lipinski definition) is 6. The van der Waals surface area contributed by atoms with E-state index in [-0.39, 0.29) is 30.7 Å². The van der Waals surface area contributed by atoms with Gasteiger partial charge in [-0.15, -0.1) is 12.4 Å². The van der Waals surface area contributed by atoms with E-state index < -0.39 is 22.0 Å². The molecule has 0 radical (unpaired) electrons. The highest BCUT2D eigenvalue weighted by molar-refractivity contribution is 7.89. The SMILES string of the molecule is CCCCS(=O)(=O)N[C@@H](Cc1ccc(OCCCCC2CCNCC2)cc1)C(=O)OC(C)C.Cl. The van der Waals surface area contributed by atoms with Crippen LogP contribution in [0.15, 0.2) is 24.3 Å². The average molecular weight is 519 g/mol. The third-order valence-corrected chi connectivity index (χ3v) is 7.29. The van der Waals surface area contributed by atoms with E-state index in [1.54, 1.807) is 13.8 Å². The van der Waals surface area contributed by atoms with Gasteiger partial charge < -0.3 is 14.8 Å². The topological polar surface area (TPSA) is 93.7 Å². The highest BCUT2D eigenvalue weighted by Crippen LogP contribution is 2.19. The maximum atomic E-state index is 12.5. The molecule has 34 heavy (non-hydrogen) atoms. The van der Waals surface area contributed by atoms with E-state index >= 15 is 0 Å². The third kappa shape index (κ3) is 12.4. The minimum Gasteiger partial charge on any atom is -0.494 e. The Labute approximate surface area is 212 Å². The van der Waals surface area contributed by atoms with Gasteiger partial charge in [0.25, 0.3) is 0 Å². The minimum absolute atomic E-state index is 0. The predicted molar refractivity (Wildman–Crippen MR) is 139 cm³/mol. The smallest absolute Gasteiger partial charge is 0.324 e. The van der Waals surface area contributed by atoms with Crippen molar-refractivity contribution in [3.05, 3.63) is 29.8 Å². The molecule has 0 saturated carbocycles. The summed E-state index contributed by atoms with van der Waals surface area (Å²) in [6, 6.07) is 6.55. The van der Waals surface area contributed by atoms with Crippen LogP contribution >= 0.6 is 12.4 Å². The van der Waals surface area contributed by atoms with Crippen molar-refractivity contribution < 1.29 is 22.7 Å². The molecule has 1 fully saturated rings. The molecular formula is C25H43ClN2O5S. The van der Waals surface area contributed by atoms with Crippen LogP contribution in [0.3, 0.4) is 0 Å². The lowest BCUT2D eigenvalue weighted by Crippen LogP contribution is -2.44. The summed E-state index contributed by atoms with van der Waals surface area (Å²) in [6.45, 7) is 8.40. The number of nitrogens with one attached hydrogen (secondary N) is 2. The summed E-state index contributed by atoms with van der Waals surface area (Å²) < 4.78 is 38.4. The summed E-state index contributed by atoms with van der Waals surface area (Å²) in [5, 5.41) is 3.40. The number of sulfonamides is 1. The van der Waals surface area contributed by atoms with Crippen molar-refractivity contribution in [3.8, 4) is 5.75 Å². The molecule has 0 spiro atoms. The summed E-state index contributed by atoms with van der Waals surface area (Å²) in [5.74, 6) is 1.07. The van der Waals surface area contributed by atoms with E-state index in [1.165, 1.54) is 25.7 Å². The molecule has 0 aliphatic carbocycles. The molecule has 1 aliphatic heterocycles. The van der Waals surface area contributed by atoms with Gasteiger partial charge in [-0.3, -0.25) is 4.79 Å². The van der Waals surface area contributed by atoms with Crippen LogP contribution in [0.1, 0.15) is 71.3 Å². The van der Waals surface area contributed by atoms with Gasteiger partial charge in [0.1, 0.15) is 11.8 Å². The van der Waals surface area contributed by atoms with Crippen molar-refractivity contribution >= 4 is 28.4 Å². The molecule has 1 atom stereocenters. The van der Waals surface area contributed by atoms with Crippen LogP contribution in [0.2, 0.25) is 0 Å². The first-order chi connectivity index (χ1) is 15.8. The lowest BCUT2D eigenvalue weighted by molar-refractivity contribution is -0.149. The molecule has 2 rings (SSSR count). The zero-order valence-electron chi connectivity index (χ0n) is 20.9. The van der Waals surface area contributed by atoms with E-state index in [1.807, 2.05) is 31.2 Å². The summed E-state index contributed by atoms with van der Waals surface area (Å²) in [4.78, 5) is 12.5. The Bertz CT molecular complexity index is 796. The van der Waals surface area contributed by atoms with Gasteiger partial charge in [-0.05, 0) is 89.1 Å². The summed E-state index contributed by atoms with van der Waals surface area (Å²) in [7, 11) is -3.56. The van der Waals surface area contributed by atoms with Crippen molar-refractivity contribution in [1.82, 2.24) is 10.0 Å². The molecule has 0 aromatic heterocycles. The maximum Gasteiger partial charge on any atom is 0.324 e. The summed E-state index contributed by atoms with van der Waals surface area (Å²) >= 11 is 0. The fourth-order valence-electron chi connectivity index (χ4n) is 3.95. The van der Waals surface area contributed by atoms with E-state index in [0.717, 1.165) is 43.2 Å². The normalized spacial score (nSPS) is 15.5. The molecule has 1 aliphatic rings. The fourth-order valence-corrected chi connectivity index (χ4v) is 5.35. The molecule has 1 aromatic carbocycles. The van der Waals surface area contributed by atoms with Crippen LogP contribution in [0.5, 0.6) is 5.75 Å². The predicted octanol–water partition coefficient (Wildman–Crippen LogP) is 4.24. The average Bonchev–Trinajstić information content (AvgIpc) is 2.78. The van der Waals surface area contributed by atoms with Gasteiger partial charge >= 0.3 is 5.97 Å². The van der Waals surface area contributed by atoms with E-state index in [0.29, 0.717) is 13.0 Å². The third-order valence-electron chi connectivity index (χ3n) is 5.82. The number of halogens is 1. The van der Waals surface area contributed by atoms with Gasteiger partial charge in [0.05, 0.1) is 18.5 Å². The number of ether oxygens (including phenoxy) is 2. The van der Waals surface area contributed by atoms with E-state index in [4.69, 9.17) is 9.47 Å². The highest BCUT2D eigenvalue weighted by Gasteiger charge is 2.26. The molecule has 0 bridgehead atoms. The van der Waals surface area contributed by atoms with E-state index in [2.05, 4.69) is 10.0 Å². The second-order valence-electron chi connectivity index (χ2n) is 9.21. The molecule has 0 unspecified atom stereocenters. The Kier molecular flexibility index (Phi) is 14.7. The Morgan fingerprint density at radius 3 is 2.41 bits per heavy atom. The zero-order valence-corrected chi connectivity index (χ0v) is 22.5. The molecular weight excluding hydrogens is 476 g/mol. The van der Waals surface area contributed by atoms with Crippen LogP contribution in [0, 0.1) is 5.92 Å². The van der Waals surface area contributed by atoms with E-state index in [9.17, 15) is 13.2 Å². The van der Waals surface area contributed by atoms with Crippen molar-refractivity contribution in [1.29, 1.82) is 0 Å². The zero-order chi connectivity index (χ0) is 24.1. The molecule has 1 saturated heterocycles. The number of carbonyl (C=O) groups is 1. The Morgan fingerprint density at radius 1 is 1.12 bits per heavy atom. The number of esters is 1. The first-order valence-corrected chi connectivity index (χ1v) is 14.1. The standard InChI is InChI=1S/C25H42N2O5S.ClH/c1-4-5-18-33(29,30)27-24(25(28)32-20(2)3)19-22-9-11-23(12-10-22)31-17-7-6-8-21-13-15-26-16-14-21;/h9-12,20-21,24,26-27H,4-8,13-19H2,1-3H3;1H/t24-;/m0./s1. The second kappa shape index (κ2) is 16.3. The molecule has 196 valence electrons. The lowest BCUT2D eigenvalue weighted by atomic mass is 9.93. The van der Waals surface area contributed by atoms with Crippen LogP contribution < -0.4 is 14.8 Å². The lowest BCUT2D eigenvalue weighted by Gasteiger charge is -2.22.